The van der Waals surface area contributed by atoms with E-state index in [1.165, 1.54) is 0 Å². The molecule has 1 fully saturated rings. The van der Waals surface area contributed by atoms with E-state index < -0.39 is 15.8 Å². The van der Waals surface area contributed by atoms with Gasteiger partial charge in [-0.25, -0.2) is 8.42 Å². The molecule has 0 saturated carbocycles. The second kappa shape index (κ2) is 3.73. The highest BCUT2D eigenvalue weighted by molar-refractivity contribution is 7.89. The quantitative estimate of drug-likeness (QED) is 0.719. The highest BCUT2D eigenvalue weighted by atomic mass is 32.2. The number of halogens is 2. The van der Waals surface area contributed by atoms with Crippen molar-refractivity contribution < 1.29 is 17.2 Å². The van der Waals surface area contributed by atoms with Gasteiger partial charge in [0.05, 0.1) is 0 Å². The zero-order valence-corrected chi connectivity index (χ0v) is 9.15. The van der Waals surface area contributed by atoms with Crippen LogP contribution in [-0.2, 0) is 10.0 Å². The van der Waals surface area contributed by atoms with E-state index >= 15 is 0 Å². The Kier molecular flexibility index (Phi) is 3.16. The molecule has 0 unspecified atom stereocenters. The summed E-state index contributed by atoms with van der Waals surface area (Å²) in [5, 5.41) is 0. The summed E-state index contributed by atoms with van der Waals surface area (Å²) in [6.07, 6.45) is 1.53. The zero-order valence-electron chi connectivity index (χ0n) is 8.33. The summed E-state index contributed by atoms with van der Waals surface area (Å²) < 4.78 is 47.6. The van der Waals surface area contributed by atoms with Gasteiger partial charge >= 0.3 is 5.76 Å². The lowest BCUT2D eigenvalue weighted by Gasteiger charge is -2.36. The largest absolute Gasteiger partial charge is 0.350 e. The molecule has 0 amide bonds. The zero-order chi connectivity index (χ0) is 11.0. The van der Waals surface area contributed by atoms with E-state index in [2.05, 4.69) is 0 Å². The fourth-order valence-corrected chi connectivity index (χ4v) is 2.84. The molecule has 0 aliphatic carbocycles. The van der Waals surface area contributed by atoms with Gasteiger partial charge in [0.2, 0.25) is 0 Å². The number of alkyl halides is 2. The summed E-state index contributed by atoms with van der Waals surface area (Å²) in [6, 6.07) is 0. The van der Waals surface area contributed by atoms with Gasteiger partial charge in [0.25, 0.3) is 10.0 Å². The van der Waals surface area contributed by atoms with Crippen LogP contribution in [0.15, 0.2) is 0 Å². The minimum absolute atomic E-state index is 0.194. The molecule has 3 nitrogen and oxygen atoms in total. The molecular formula is C8H15F2NO2S. The van der Waals surface area contributed by atoms with E-state index in [-0.39, 0.29) is 18.5 Å². The minimum Gasteiger partial charge on any atom is -0.206 e. The molecule has 1 aliphatic heterocycles. The molecule has 0 aromatic heterocycles. The van der Waals surface area contributed by atoms with Crippen LogP contribution >= 0.6 is 0 Å². The van der Waals surface area contributed by atoms with Gasteiger partial charge in [-0.3, -0.25) is 0 Å². The summed E-state index contributed by atoms with van der Waals surface area (Å²) in [5.74, 6) is -3.30. The molecule has 84 valence electrons. The first-order valence-corrected chi connectivity index (χ1v) is 6.03. The van der Waals surface area contributed by atoms with Crippen LogP contribution in [0.3, 0.4) is 0 Å². The molecule has 0 atom stereocenters. The van der Waals surface area contributed by atoms with E-state index in [0.29, 0.717) is 6.42 Å². The van der Waals surface area contributed by atoms with Crippen molar-refractivity contribution in [2.75, 3.05) is 13.1 Å². The SMILES string of the molecule is CC1(C)CCCN(S(=O)(=O)C(F)F)C1. The number of sulfonamides is 1. The van der Waals surface area contributed by atoms with Crippen LogP contribution in [0.2, 0.25) is 0 Å². The summed E-state index contributed by atoms with van der Waals surface area (Å²) in [6.45, 7) is 4.19. The Morgan fingerprint density at radius 3 is 2.36 bits per heavy atom. The molecule has 0 radical (unpaired) electrons. The normalized spacial score (nSPS) is 24.1. The Hall–Kier alpha value is -0.230. The van der Waals surface area contributed by atoms with Gasteiger partial charge in [-0.15, -0.1) is 0 Å². The number of hydrogen-bond acceptors (Lipinski definition) is 2. The maximum absolute atomic E-state index is 12.2. The Balaban J connectivity index is 2.80. The van der Waals surface area contributed by atoms with Crippen molar-refractivity contribution in [2.24, 2.45) is 5.41 Å². The van der Waals surface area contributed by atoms with Crippen LogP contribution in [0.25, 0.3) is 0 Å². The summed E-state index contributed by atoms with van der Waals surface area (Å²) in [4.78, 5) is 0. The topological polar surface area (TPSA) is 37.4 Å². The van der Waals surface area contributed by atoms with Crippen LogP contribution in [-0.4, -0.2) is 31.6 Å². The second-order valence-corrected chi connectivity index (χ2v) is 6.31. The maximum atomic E-state index is 12.2. The number of rotatable bonds is 2. The predicted molar refractivity (Wildman–Crippen MR) is 49.5 cm³/mol. The van der Waals surface area contributed by atoms with Crippen molar-refractivity contribution in [1.82, 2.24) is 4.31 Å². The third kappa shape index (κ3) is 2.42. The van der Waals surface area contributed by atoms with E-state index in [1.54, 1.807) is 0 Å². The molecule has 1 heterocycles. The molecule has 1 saturated heterocycles. The first-order valence-electron chi connectivity index (χ1n) is 4.53. The van der Waals surface area contributed by atoms with Crippen molar-refractivity contribution >= 4 is 10.0 Å². The van der Waals surface area contributed by atoms with Crippen LogP contribution in [0, 0.1) is 5.41 Å². The molecule has 1 aliphatic rings. The molecule has 0 N–H and O–H groups in total. The molecule has 14 heavy (non-hydrogen) atoms. The van der Waals surface area contributed by atoms with Crippen molar-refractivity contribution in [1.29, 1.82) is 0 Å². The Bertz CT molecular complexity index is 300. The molecule has 0 aromatic rings. The van der Waals surface area contributed by atoms with Crippen molar-refractivity contribution in [3.05, 3.63) is 0 Å². The van der Waals surface area contributed by atoms with Crippen molar-refractivity contribution in [3.63, 3.8) is 0 Å². The fraction of sp³-hybridized carbons (Fsp3) is 1.00. The lowest BCUT2D eigenvalue weighted by Crippen LogP contribution is -2.45. The predicted octanol–water partition coefficient (Wildman–Crippen LogP) is 1.66. The molecule has 0 aromatic carbocycles. The van der Waals surface area contributed by atoms with Gasteiger partial charge in [-0.1, -0.05) is 13.8 Å². The Labute approximate surface area is 83.1 Å². The Morgan fingerprint density at radius 2 is 1.93 bits per heavy atom. The molecule has 6 heteroatoms. The minimum atomic E-state index is -4.37. The van der Waals surface area contributed by atoms with Crippen molar-refractivity contribution in [3.8, 4) is 0 Å². The second-order valence-electron chi connectivity index (χ2n) is 4.41. The summed E-state index contributed by atoms with van der Waals surface area (Å²) in [7, 11) is -4.37. The van der Waals surface area contributed by atoms with Crippen LogP contribution in [0.5, 0.6) is 0 Å². The summed E-state index contributed by atoms with van der Waals surface area (Å²) >= 11 is 0. The molecular weight excluding hydrogens is 212 g/mol. The van der Waals surface area contributed by atoms with Gasteiger partial charge in [-0.05, 0) is 18.3 Å². The standard InChI is InChI=1S/C8H15F2NO2S/c1-8(2)4-3-5-11(6-8)14(12,13)7(9)10/h7H,3-6H2,1-2H3. The van der Waals surface area contributed by atoms with Gasteiger partial charge in [-0.2, -0.15) is 13.1 Å². The van der Waals surface area contributed by atoms with E-state index in [4.69, 9.17) is 0 Å². The third-order valence-electron chi connectivity index (χ3n) is 2.45. The van der Waals surface area contributed by atoms with Gasteiger partial charge in [0.15, 0.2) is 0 Å². The first-order chi connectivity index (χ1) is 6.26. The third-order valence-corrected chi connectivity index (χ3v) is 3.93. The van der Waals surface area contributed by atoms with Gasteiger partial charge in [0.1, 0.15) is 0 Å². The average molecular weight is 227 g/mol. The van der Waals surface area contributed by atoms with Crippen LogP contribution in [0.4, 0.5) is 8.78 Å². The highest BCUT2D eigenvalue weighted by Gasteiger charge is 2.37. The lowest BCUT2D eigenvalue weighted by molar-refractivity contribution is 0.165. The number of piperidine rings is 1. The van der Waals surface area contributed by atoms with Crippen LogP contribution < -0.4 is 0 Å². The molecule has 1 rings (SSSR count). The Morgan fingerprint density at radius 1 is 1.36 bits per heavy atom. The van der Waals surface area contributed by atoms with E-state index in [0.717, 1.165) is 10.7 Å². The summed E-state index contributed by atoms with van der Waals surface area (Å²) in [5.41, 5.74) is -0.194. The maximum Gasteiger partial charge on any atom is 0.350 e. The highest BCUT2D eigenvalue weighted by Crippen LogP contribution is 2.31. The number of nitrogens with zero attached hydrogens (tertiary/aromatic N) is 1. The van der Waals surface area contributed by atoms with Gasteiger partial charge < -0.3 is 0 Å². The van der Waals surface area contributed by atoms with Gasteiger partial charge in [0, 0.05) is 13.1 Å². The average Bonchev–Trinajstić information content (AvgIpc) is 2.02. The van der Waals surface area contributed by atoms with E-state index in [9.17, 15) is 17.2 Å². The van der Waals surface area contributed by atoms with Crippen molar-refractivity contribution in [2.45, 2.75) is 32.4 Å². The number of hydrogen-bond donors (Lipinski definition) is 0. The monoisotopic (exact) mass is 227 g/mol. The van der Waals surface area contributed by atoms with Crippen LogP contribution in [0.1, 0.15) is 26.7 Å². The lowest BCUT2D eigenvalue weighted by atomic mass is 9.85. The molecule has 0 bridgehead atoms. The fourth-order valence-electron chi connectivity index (χ4n) is 1.70. The first kappa shape index (κ1) is 11.8. The molecule has 0 spiro atoms. The van der Waals surface area contributed by atoms with E-state index in [1.807, 2.05) is 13.8 Å². The smallest absolute Gasteiger partial charge is 0.206 e.